The molecule has 0 amide bonds. The lowest BCUT2D eigenvalue weighted by Gasteiger charge is -2.21. The van der Waals surface area contributed by atoms with Crippen LogP contribution in [0.15, 0.2) is 56.6 Å². The topological polar surface area (TPSA) is 145 Å². The van der Waals surface area contributed by atoms with E-state index in [4.69, 9.17) is 19.5 Å². The molecule has 14 heteroatoms. The highest BCUT2D eigenvalue weighted by Gasteiger charge is 2.38. The summed E-state index contributed by atoms with van der Waals surface area (Å²) in [6.45, 7) is 3.40. The van der Waals surface area contributed by atoms with Gasteiger partial charge in [0.1, 0.15) is 5.52 Å². The predicted octanol–water partition coefficient (Wildman–Crippen LogP) is 3.00. The Morgan fingerprint density at radius 2 is 1.89 bits per heavy atom. The molecule has 4 N–H and O–H groups in total. The summed E-state index contributed by atoms with van der Waals surface area (Å²) < 4.78 is 76.1. The number of aliphatic carboxylic acids is 1. The summed E-state index contributed by atoms with van der Waals surface area (Å²) in [6.07, 6.45) is -2.14. The Morgan fingerprint density at radius 3 is 2.44 bits per heavy atom. The largest absolute Gasteiger partial charge is 0.490 e. The number of benzene rings is 2. The summed E-state index contributed by atoms with van der Waals surface area (Å²) in [4.78, 5) is 21.0. The molecule has 2 aromatic carbocycles. The van der Waals surface area contributed by atoms with Crippen LogP contribution in [-0.2, 0) is 14.8 Å². The van der Waals surface area contributed by atoms with Crippen molar-refractivity contribution in [1.29, 1.82) is 0 Å². The molecule has 2 heterocycles. The lowest BCUT2D eigenvalue weighted by Crippen LogP contribution is -2.23. The van der Waals surface area contributed by atoms with Crippen molar-refractivity contribution in [3.8, 4) is 0 Å². The number of nitrogens with zero attached hydrogens (tertiary/aromatic N) is 1. The third kappa shape index (κ3) is 5.83. The zero-order valence-corrected chi connectivity index (χ0v) is 19.5. The number of carboxylic acids is 1. The zero-order chi connectivity index (χ0) is 26.8. The SMILES string of the molecule is C[C@@H](c1ccccc1C1=CCNCC1)n1c(=O)oc2cc(S(N)(=O)=O)cc(F)c21.O=C(O)C(F)(F)F. The van der Waals surface area contributed by atoms with Crippen LogP contribution in [0.1, 0.15) is 30.5 Å². The molecular formula is C22H21F4N3O6S. The number of halogens is 4. The van der Waals surface area contributed by atoms with Gasteiger partial charge in [0.25, 0.3) is 0 Å². The summed E-state index contributed by atoms with van der Waals surface area (Å²) in [7, 11) is -4.14. The van der Waals surface area contributed by atoms with Gasteiger partial charge in [-0.15, -0.1) is 0 Å². The molecule has 0 radical (unpaired) electrons. The lowest BCUT2D eigenvalue weighted by molar-refractivity contribution is -0.192. The number of hydrogen-bond acceptors (Lipinski definition) is 6. The molecule has 3 aromatic rings. The number of fused-ring (bicyclic) bond motifs is 1. The van der Waals surface area contributed by atoms with Crippen LogP contribution in [0.25, 0.3) is 16.7 Å². The van der Waals surface area contributed by atoms with E-state index in [1.54, 1.807) is 6.92 Å². The second-order valence-electron chi connectivity index (χ2n) is 7.78. The Balaban J connectivity index is 0.000000454. The molecule has 0 fully saturated rings. The molecular weight excluding hydrogens is 510 g/mol. The van der Waals surface area contributed by atoms with Crippen LogP contribution < -0.4 is 16.2 Å². The number of rotatable bonds is 4. The van der Waals surface area contributed by atoms with E-state index in [-0.39, 0.29) is 11.1 Å². The average Bonchev–Trinajstić information content (AvgIpc) is 3.15. The van der Waals surface area contributed by atoms with Gasteiger partial charge < -0.3 is 14.8 Å². The summed E-state index contributed by atoms with van der Waals surface area (Å²) in [6, 6.07) is 8.99. The van der Waals surface area contributed by atoms with Crippen LogP contribution in [0, 0.1) is 5.82 Å². The third-order valence-electron chi connectivity index (χ3n) is 5.42. The van der Waals surface area contributed by atoms with Crippen LogP contribution in [0.5, 0.6) is 0 Å². The second-order valence-corrected chi connectivity index (χ2v) is 9.35. The maximum atomic E-state index is 14.8. The molecule has 36 heavy (non-hydrogen) atoms. The van der Waals surface area contributed by atoms with E-state index in [0.29, 0.717) is 0 Å². The van der Waals surface area contributed by atoms with E-state index >= 15 is 0 Å². The minimum Gasteiger partial charge on any atom is -0.475 e. The minimum atomic E-state index is -5.08. The number of carbonyl (C=O) groups is 1. The number of hydrogen-bond donors (Lipinski definition) is 3. The first-order chi connectivity index (χ1) is 16.7. The number of nitrogens with two attached hydrogens (primary N) is 1. The summed E-state index contributed by atoms with van der Waals surface area (Å²) >= 11 is 0. The first kappa shape index (κ1) is 27.1. The van der Waals surface area contributed by atoms with Gasteiger partial charge >= 0.3 is 17.9 Å². The van der Waals surface area contributed by atoms with E-state index in [1.165, 1.54) is 4.57 Å². The molecule has 1 aliphatic heterocycles. The fraction of sp³-hybridized carbons (Fsp3) is 0.273. The van der Waals surface area contributed by atoms with E-state index in [0.717, 1.165) is 48.3 Å². The Hall–Kier alpha value is -3.49. The molecule has 0 aliphatic carbocycles. The van der Waals surface area contributed by atoms with Crippen molar-refractivity contribution < 1.29 is 40.3 Å². The Kier molecular flexibility index (Phi) is 7.71. The van der Waals surface area contributed by atoms with Crippen LogP contribution in [0.2, 0.25) is 0 Å². The van der Waals surface area contributed by atoms with Gasteiger partial charge in [-0.2, -0.15) is 13.2 Å². The van der Waals surface area contributed by atoms with E-state index in [2.05, 4.69) is 11.4 Å². The van der Waals surface area contributed by atoms with E-state index in [1.807, 2.05) is 24.3 Å². The average molecular weight is 531 g/mol. The highest BCUT2D eigenvalue weighted by molar-refractivity contribution is 7.89. The number of oxazole rings is 1. The second kappa shape index (κ2) is 10.2. The third-order valence-corrected chi connectivity index (χ3v) is 6.31. The maximum Gasteiger partial charge on any atom is 0.490 e. The van der Waals surface area contributed by atoms with Crippen LogP contribution in [0.4, 0.5) is 17.6 Å². The molecule has 194 valence electrons. The first-order valence-electron chi connectivity index (χ1n) is 10.4. The molecule has 1 aliphatic rings. The molecule has 9 nitrogen and oxygen atoms in total. The van der Waals surface area contributed by atoms with Crippen LogP contribution >= 0.6 is 0 Å². The number of carboxylic acid groups (broad SMARTS) is 1. The van der Waals surface area contributed by atoms with Crippen molar-refractivity contribution in [2.24, 2.45) is 5.14 Å². The summed E-state index contributed by atoms with van der Waals surface area (Å²) in [5.41, 5.74) is 2.74. The molecule has 0 bridgehead atoms. The lowest BCUT2D eigenvalue weighted by atomic mass is 9.92. The van der Waals surface area contributed by atoms with Gasteiger partial charge in [-0.25, -0.2) is 27.5 Å². The van der Waals surface area contributed by atoms with Gasteiger partial charge in [0, 0.05) is 12.6 Å². The van der Waals surface area contributed by atoms with Crippen molar-refractivity contribution in [3.05, 3.63) is 70.0 Å². The standard InChI is InChI=1S/C20H20FN3O4S.C2HF3O2/c1-12(15-4-2-3-5-16(15)13-6-8-23-9-7-13)24-19-17(21)10-14(29(22,26)27)11-18(19)28-20(24)25;3-2(4,5)1(6)7/h2-6,10-12,23H,7-9H2,1H3,(H2,22,26,27);(H,6,7)/t12-;/m0./s1. The monoisotopic (exact) mass is 531 g/mol. The van der Waals surface area contributed by atoms with Crippen LogP contribution in [-0.4, -0.2) is 43.3 Å². The number of aromatic nitrogens is 1. The van der Waals surface area contributed by atoms with E-state index in [9.17, 15) is 30.8 Å². The molecule has 4 rings (SSSR count). The Labute approximate surface area is 201 Å². The van der Waals surface area contributed by atoms with Crippen molar-refractivity contribution in [1.82, 2.24) is 9.88 Å². The van der Waals surface area contributed by atoms with Crippen molar-refractivity contribution in [2.45, 2.75) is 30.5 Å². The van der Waals surface area contributed by atoms with E-state index < -0.39 is 44.7 Å². The van der Waals surface area contributed by atoms with Gasteiger partial charge in [-0.05, 0) is 42.7 Å². The van der Waals surface area contributed by atoms with Crippen LogP contribution in [0.3, 0.4) is 0 Å². The normalized spacial score (nSPS) is 15.1. The highest BCUT2D eigenvalue weighted by atomic mass is 32.2. The van der Waals surface area contributed by atoms with Gasteiger partial charge in [-0.3, -0.25) is 4.57 Å². The molecule has 0 unspecified atom stereocenters. The Bertz CT molecular complexity index is 1490. The van der Waals surface area contributed by atoms with Crippen molar-refractivity contribution in [2.75, 3.05) is 13.1 Å². The summed E-state index contributed by atoms with van der Waals surface area (Å²) in [5, 5.41) is 15.5. The molecule has 0 spiro atoms. The fourth-order valence-corrected chi connectivity index (χ4v) is 4.31. The smallest absolute Gasteiger partial charge is 0.475 e. The number of sulfonamides is 1. The fourth-order valence-electron chi connectivity index (χ4n) is 3.77. The maximum absolute atomic E-state index is 14.8. The van der Waals surface area contributed by atoms with Crippen molar-refractivity contribution >= 4 is 32.7 Å². The van der Waals surface area contributed by atoms with Gasteiger partial charge in [0.05, 0.1) is 10.9 Å². The minimum absolute atomic E-state index is 0.0935. The van der Waals surface area contributed by atoms with Gasteiger partial charge in [0.15, 0.2) is 11.4 Å². The highest BCUT2D eigenvalue weighted by Crippen LogP contribution is 2.32. The molecule has 0 saturated heterocycles. The number of alkyl halides is 3. The quantitative estimate of drug-likeness (QED) is 0.439. The Morgan fingerprint density at radius 1 is 1.25 bits per heavy atom. The molecule has 1 atom stereocenters. The first-order valence-corrected chi connectivity index (χ1v) is 11.9. The molecule has 0 saturated carbocycles. The molecule has 1 aromatic heterocycles. The summed E-state index contributed by atoms with van der Waals surface area (Å²) in [5.74, 6) is -4.41. The number of primary sulfonamides is 1. The van der Waals surface area contributed by atoms with Gasteiger partial charge in [-0.1, -0.05) is 30.3 Å². The zero-order valence-electron chi connectivity index (χ0n) is 18.7. The van der Waals surface area contributed by atoms with Crippen molar-refractivity contribution in [3.63, 3.8) is 0 Å². The predicted molar refractivity (Wildman–Crippen MR) is 121 cm³/mol. The van der Waals surface area contributed by atoms with Gasteiger partial charge in [0.2, 0.25) is 10.0 Å². The number of nitrogens with one attached hydrogen (secondary N) is 1.